The van der Waals surface area contributed by atoms with Crippen LogP contribution in [0.1, 0.15) is 44.1 Å². The Balaban J connectivity index is 1.89. The molecule has 0 amide bonds. The molecule has 0 saturated carbocycles. The van der Waals surface area contributed by atoms with Gasteiger partial charge >= 0.3 is 5.97 Å². The molecule has 2 aliphatic rings. The summed E-state index contributed by atoms with van der Waals surface area (Å²) in [5.74, 6) is 0.285. The average Bonchev–Trinajstić information content (AvgIpc) is 2.79. The zero-order valence-corrected chi connectivity index (χ0v) is 13.4. The summed E-state index contributed by atoms with van der Waals surface area (Å²) in [7, 11) is 0. The van der Waals surface area contributed by atoms with Crippen LogP contribution in [-0.4, -0.2) is 5.97 Å². The van der Waals surface area contributed by atoms with Crippen molar-refractivity contribution >= 4 is 21.9 Å². The van der Waals surface area contributed by atoms with Crippen molar-refractivity contribution in [1.82, 2.24) is 0 Å². The number of hydrogen-bond donors (Lipinski definition) is 0. The third-order valence-electron chi connectivity index (χ3n) is 4.09. The Kier molecular flexibility index (Phi) is 3.98. The highest BCUT2D eigenvalue weighted by atomic mass is 79.9. The van der Waals surface area contributed by atoms with E-state index in [1.807, 2.05) is 13.0 Å². The van der Waals surface area contributed by atoms with Gasteiger partial charge in [-0.05, 0) is 65.4 Å². The van der Waals surface area contributed by atoms with E-state index >= 15 is 0 Å². The summed E-state index contributed by atoms with van der Waals surface area (Å²) in [4.78, 5) is 11.9. The van der Waals surface area contributed by atoms with Crippen molar-refractivity contribution in [2.45, 2.75) is 38.5 Å². The fourth-order valence-corrected chi connectivity index (χ4v) is 3.28. The zero-order valence-electron chi connectivity index (χ0n) is 11.8. The van der Waals surface area contributed by atoms with Crippen molar-refractivity contribution in [3.05, 3.63) is 57.0 Å². The lowest BCUT2D eigenvalue weighted by Crippen LogP contribution is -2.01. The second-order valence-electron chi connectivity index (χ2n) is 5.55. The third-order valence-corrected chi connectivity index (χ3v) is 4.69. The molecule has 0 spiro atoms. The van der Waals surface area contributed by atoms with E-state index in [9.17, 15) is 9.18 Å². The van der Waals surface area contributed by atoms with Crippen LogP contribution in [0.25, 0.3) is 0 Å². The molecule has 1 unspecified atom stereocenters. The van der Waals surface area contributed by atoms with Gasteiger partial charge in [0.05, 0.1) is 4.47 Å². The molecule has 4 heteroatoms. The lowest BCUT2D eigenvalue weighted by atomic mass is 9.90. The van der Waals surface area contributed by atoms with Gasteiger partial charge < -0.3 is 4.74 Å². The Morgan fingerprint density at radius 1 is 1.29 bits per heavy atom. The molecule has 0 bridgehead atoms. The van der Waals surface area contributed by atoms with Gasteiger partial charge in [0.25, 0.3) is 0 Å². The normalized spacial score (nSPS) is 21.5. The second kappa shape index (κ2) is 5.76. The van der Waals surface area contributed by atoms with E-state index in [-0.39, 0.29) is 17.7 Å². The van der Waals surface area contributed by atoms with Crippen molar-refractivity contribution in [1.29, 1.82) is 0 Å². The van der Waals surface area contributed by atoms with Crippen LogP contribution in [0.2, 0.25) is 0 Å². The maximum Gasteiger partial charge on any atom is 0.339 e. The predicted molar refractivity (Wildman–Crippen MR) is 82.2 cm³/mol. The number of rotatable bonds is 2. The minimum Gasteiger partial charge on any atom is -0.423 e. The van der Waals surface area contributed by atoms with Gasteiger partial charge in [-0.3, -0.25) is 0 Å². The molecular weight excluding hydrogens is 335 g/mol. The molecule has 1 aromatic carbocycles. The molecule has 3 rings (SSSR count). The van der Waals surface area contributed by atoms with Crippen LogP contribution in [0.15, 0.2) is 45.7 Å². The summed E-state index contributed by atoms with van der Waals surface area (Å²) in [5.41, 5.74) is 2.90. The summed E-state index contributed by atoms with van der Waals surface area (Å²) in [6.45, 7) is 2.02. The van der Waals surface area contributed by atoms with Crippen LogP contribution >= 0.6 is 15.9 Å². The molecule has 1 aliphatic heterocycles. The van der Waals surface area contributed by atoms with Gasteiger partial charge in [0, 0.05) is 17.1 Å². The summed E-state index contributed by atoms with van der Waals surface area (Å²) >= 11 is 3.20. The van der Waals surface area contributed by atoms with Crippen molar-refractivity contribution in [3.8, 4) is 0 Å². The van der Waals surface area contributed by atoms with Gasteiger partial charge in [-0.1, -0.05) is 13.0 Å². The highest BCUT2D eigenvalue weighted by molar-refractivity contribution is 9.10. The number of carbonyl (C=O) groups excluding carboxylic acids is 1. The molecule has 2 nitrogen and oxygen atoms in total. The molecule has 1 heterocycles. The minimum atomic E-state index is -0.275. The minimum absolute atomic E-state index is 0.0541. The lowest BCUT2D eigenvalue weighted by Gasteiger charge is -2.12. The Morgan fingerprint density at radius 2 is 2.00 bits per heavy atom. The number of halogens is 2. The van der Waals surface area contributed by atoms with Crippen LogP contribution in [0.4, 0.5) is 4.39 Å². The molecule has 1 aromatic rings. The quantitative estimate of drug-likeness (QED) is 0.701. The van der Waals surface area contributed by atoms with Gasteiger partial charge in [-0.25, -0.2) is 9.18 Å². The standard InChI is InChI=1S/C17H16BrFO2/c1-10(11-6-7-15(19)14(18)9-11)8-16-12-4-2-3-5-13(12)17(20)21-16/h6-10H,2-5H2,1H3/b16-8+. The van der Waals surface area contributed by atoms with Gasteiger partial charge in [0.15, 0.2) is 0 Å². The van der Waals surface area contributed by atoms with Crippen molar-refractivity contribution in [2.75, 3.05) is 0 Å². The fourth-order valence-electron chi connectivity index (χ4n) is 2.88. The first-order valence-electron chi connectivity index (χ1n) is 7.17. The Bertz CT molecular complexity index is 661. The first-order chi connectivity index (χ1) is 10.1. The van der Waals surface area contributed by atoms with Crippen molar-refractivity contribution in [3.63, 3.8) is 0 Å². The van der Waals surface area contributed by atoms with Crippen LogP contribution < -0.4 is 0 Å². The molecule has 0 aromatic heterocycles. The second-order valence-corrected chi connectivity index (χ2v) is 6.40. The Hall–Kier alpha value is -1.42. The molecule has 0 N–H and O–H groups in total. The predicted octanol–water partition coefficient (Wildman–Crippen LogP) is 5.00. The highest BCUT2D eigenvalue weighted by Crippen LogP contribution is 2.38. The first kappa shape index (κ1) is 14.5. The fraction of sp³-hybridized carbons (Fsp3) is 0.353. The number of carbonyl (C=O) groups is 1. The number of benzene rings is 1. The van der Waals surface area contributed by atoms with E-state index in [0.717, 1.165) is 42.4 Å². The number of esters is 1. The third kappa shape index (κ3) is 2.82. The molecule has 0 fully saturated rings. The molecule has 21 heavy (non-hydrogen) atoms. The molecule has 110 valence electrons. The van der Waals surface area contributed by atoms with E-state index in [4.69, 9.17) is 4.74 Å². The largest absolute Gasteiger partial charge is 0.423 e. The number of ether oxygens (including phenoxy) is 1. The molecular formula is C17H16BrFO2. The maximum atomic E-state index is 13.3. The summed E-state index contributed by atoms with van der Waals surface area (Å²) in [6.07, 6.45) is 5.85. The Morgan fingerprint density at radius 3 is 2.71 bits per heavy atom. The summed E-state index contributed by atoms with van der Waals surface area (Å²) in [5, 5.41) is 0. The zero-order chi connectivity index (χ0) is 15.0. The van der Waals surface area contributed by atoms with E-state index in [1.54, 1.807) is 12.1 Å². The molecule has 0 radical (unpaired) electrons. The van der Waals surface area contributed by atoms with Gasteiger partial charge in [0.2, 0.25) is 0 Å². The van der Waals surface area contributed by atoms with Crippen LogP contribution in [0.5, 0.6) is 0 Å². The van der Waals surface area contributed by atoms with Crippen LogP contribution in [0.3, 0.4) is 0 Å². The molecule has 1 atom stereocenters. The van der Waals surface area contributed by atoms with Crippen molar-refractivity contribution < 1.29 is 13.9 Å². The SMILES string of the molecule is CC(/C=C1/OC(=O)C2=C1CCCC2)c1ccc(F)c(Br)c1. The van der Waals surface area contributed by atoms with Gasteiger partial charge in [0.1, 0.15) is 11.6 Å². The van der Waals surface area contributed by atoms with Crippen LogP contribution in [0, 0.1) is 5.82 Å². The Labute approximate surface area is 131 Å². The maximum absolute atomic E-state index is 13.3. The van der Waals surface area contributed by atoms with Gasteiger partial charge in [-0.2, -0.15) is 0 Å². The topological polar surface area (TPSA) is 26.3 Å². The van der Waals surface area contributed by atoms with E-state index in [1.165, 1.54) is 6.07 Å². The number of allylic oxidation sites excluding steroid dienone is 2. The van der Waals surface area contributed by atoms with E-state index < -0.39 is 0 Å². The van der Waals surface area contributed by atoms with E-state index in [0.29, 0.717) is 10.2 Å². The van der Waals surface area contributed by atoms with Gasteiger partial charge in [-0.15, -0.1) is 0 Å². The first-order valence-corrected chi connectivity index (χ1v) is 7.97. The smallest absolute Gasteiger partial charge is 0.339 e. The lowest BCUT2D eigenvalue weighted by molar-refractivity contribution is -0.133. The molecule has 0 saturated heterocycles. The molecule has 1 aliphatic carbocycles. The number of cyclic esters (lactones) is 1. The van der Waals surface area contributed by atoms with Crippen LogP contribution in [-0.2, 0) is 9.53 Å². The highest BCUT2D eigenvalue weighted by Gasteiger charge is 2.31. The monoisotopic (exact) mass is 350 g/mol. The average molecular weight is 351 g/mol. The summed E-state index contributed by atoms with van der Waals surface area (Å²) < 4.78 is 19.2. The number of hydrogen-bond acceptors (Lipinski definition) is 2. The van der Waals surface area contributed by atoms with E-state index in [2.05, 4.69) is 15.9 Å². The summed E-state index contributed by atoms with van der Waals surface area (Å²) in [6, 6.07) is 4.97. The van der Waals surface area contributed by atoms with Crippen molar-refractivity contribution in [2.24, 2.45) is 0 Å².